The van der Waals surface area contributed by atoms with E-state index in [0.29, 0.717) is 12.1 Å². The number of aromatic nitrogens is 2. The average Bonchev–Trinajstić information content (AvgIpc) is 3.12. The summed E-state index contributed by atoms with van der Waals surface area (Å²) >= 11 is 0. The Morgan fingerprint density at radius 1 is 1.03 bits per heavy atom. The largest absolute Gasteiger partial charge is 0.465 e. The first kappa shape index (κ1) is 20.9. The van der Waals surface area contributed by atoms with Crippen LogP contribution in [0.2, 0.25) is 0 Å². The summed E-state index contributed by atoms with van der Waals surface area (Å²) in [5.41, 5.74) is 7.34. The Labute approximate surface area is 192 Å². The first-order valence-corrected chi connectivity index (χ1v) is 11.1. The van der Waals surface area contributed by atoms with Crippen LogP contribution in [0, 0.1) is 0 Å². The highest BCUT2D eigenvalue weighted by atomic mass is 16.5. The minimum absolute atomic E-state index is 0.370. The molecule has 0 saturated heterocycles. The number of ether oxygens (including phenoxy) is 1. The lowest BCUT2D eigenvalue weighted by Crippen LogP contribution is -2.16. The van der Waals surface area contributed by atoms with Crippen LogP contribution < -0.4 is 4.90 Å². The van der Waals surface area contributed by atoms with Gasteiger partial charge in [0, 0.05) is 13.0 Å². The molecule has 6 nitrogen and oxygen atoms in total. The number of fused-ring (bicyclic) bond motifs is 3. The van der Waals surface area contributed by atoms with Gasteiger partial charge in [-0.3, -0.25) is 9.69 Å². The number of nitrogens with zero attached hydrogens (tertiary/aromatic N) is 3. The van der Waals surface area contributed by atoms with Gasteiger partial charge in [-0.2, -0.15) is 0 Å². The first-order valence-electron chi connectivity index (χ1n) is 11.1. The summed E-state index contributed by atoms with van der Waals surface area (Å²) in [6, 6.07) is 19.8. The molecule has 6 heteroatoms. The molecule has 1 aliphatic rings. The predicted molar refractivity (Wildman–Crippen MR) is 128 cm³/mol. The van der Waals surface area contributed by atoms with Crippen molar-refractivity contribution in [2.45, 2.75) is 32.7 Å². The third-order valence-corrected chi connectivity index (χ3v) is 6.33. The van der Waals surface area contributed by atoms with Crippen LogP contribution >= 0.6 is 0 Å². The van der Waals surface area contributed by atoms with E-state index >= 15 is 0 Å². The van der Waals surface area contributed by atoms with Gasteiger partial charge in [0.1, 0.15) is 5.82 Å². The quantitative estimate of drug-likeness (QED) is 0.330. The van der Waals surface area contributed by atoms with Gasteiger partial charge in [-0.25, -0.2) is 9.78 Å². The number of methoxy groups -OCH3 is 1. The second-order valence-electron chi connectivity index (χ2n) is 8.20. The average molecular weight is 440 g/mol. The van der Waals surface area contributed by atoms with E-state index in [1.54, 1.807) is 11.0 Å². The van der Waals surface area contributed by atoms with Gasteiger partial charge in [-0.1, -0.05) is 43.3 Å². The summed E-state index contributed by atoms with van der Waals surface area (Å²) in [5, 5.41) is 0. The summed E-state index contributed by atoms with van der Waals surface area (Å²) in [5.74, 6) is 0.545. The van der Waals surface area contributed by atoms with Crippen molar-refractivity contribution in [2.75, 3.05) is 12.0 Å². The predicted octanol–water partition coefficient (Wildman–Crippen LogP) is 4.83. The van der Waals surface area contributed by atoms with Crippen molar-refractivity contribution in [3.05, 3.63) is 88.7 Å². The fourth-order valence-electron chi connectivity index (χ4n) is 4.77. The topological polar surface area (TPSA) is 64.4 Å². The van der Waals surface area contributed by atoms with Crippen LogP contribution in [-0.2, 0) is 35.3 Å². The molecule has 0 N–H and O–H groups in total. The molecule has 0 atom stereocenters. The van der Waals surface area contributed by atoms with Gasteiger partial charge >= 0.3 is 5.97 Å². The minimum atomic E-state index is -0.370. The fraction of sp³-hybridized carbons (Fsp3) is 0.222. The highest BCUT2D eigenvalue weighted by molar-refractivity contribution is 6.02. The molecule has 1 aliphatic heterocycles. The van der Waals surface area contributed by atoms with E-state index in [1.807, 2.05) is 36.4 Å². The Morgan fingerprint density at radius 2 is 1.82 bits per heavy atom. The standard InChI is InChI=1S/C27H25N3O3/c1-3-25-28-22-9-6-8-21(27(32)33-2)26(22)29(25)16-18-11-14-24-20(15-18)13-12-19-7-4-5-10-23(19)30(24)17-31/h4-11,14-15,17H,3,12-13,16H2,1-2H3. The van der Waals surface area contributed by atoms with Crippen LogP contribution in [-0.4, -0.2) is 29.0 Å². The number of rotatable bonds is 5. The zero-order chi connectivity index (χ0) is 22.9. The Kier molecular flexibility index (Phi) is 5.42. The van der Waals surface area contributed by atoms with Gasteiger partial charge in [0.2, 0.25) is 6.41 Å². The first-order chi connectivity index (χ1) is 16.1. The molecule has 4 aromatic rings. The number of hydrogen-bond donors (Lipinski definition) is 0. The molecule has 33 heavy (non-hydrogen) atoms. The number of benzene rings is 3. The number of carbonyl (C=O) groups excluding carboxylic acids is 2. The highest BCUT2D eigenvalue weighted by Gasteiger charge is 2.22. The van der Waals surface area contributed by atoms with Crippen molar-refractivity contribution in [3.63, 3.8) is 0 Å². The van der Waals surface area contributed by atoms with E-state index in [1.165, 1.54) is 12.7 Å². The van der Waals surface area contributed by atoms with Crippen molar-refractivity contribution in [1.29, 1.82) is 0 Å². The SMILES string of the molecule is CCc1nc2cccc(C(=O)OC)c2n1Cc1ccc2c(c1)CCc1ccccc1N2C=O. The minimum Gasteiger partial charge on any atom is -0.465 e. The van der Waals surface area contributed by atoms with Crippen molar-refractivity contribution in [2.24, 2.45) is 0 Å². The number of para-hydroxylation sites is 2. The Hall–Kier alpha value is -3.93. The Balaban J connectivity index is 1.58. The van der Waals surface area contributed by atoms with Crippen LogP contribution in [0.3, 0.4) is 0 Å². The maximum Gasteiger partial charge on any atom is 0.340 e. The van der Waals surface area contributed by atoms with Crippen molar-refractivity contribution < 1.29 is 14.3 Å². The number of hydrogen-bond acceptors (Lipinski definition) is 4. The molecule has 5 rings (SSSR count). The second kappa shape index (κ2) is 8.54. The molecule has 0 aliphatic carbocycles. The van der Waals surface area contributed by atoms with Gasteiger partial charge in [0.05, 0.1) is 35.1 Å². The van der Waals surface area contributed by atoms with Gasteiger partial charge < -0.3 is 9.30 Å². The van der Waals surface area contributed by atoms with Crippen molar-refractivity contribution >= 4 is 34.8 Å². The second-order valence-corrected chi connectivity index (χ2v) is 8.20. The molecule has 0 unspecified atom stereocenters. The molecule has 0 bridgehead atoms. The molecule has 3 aromatic carbocycles. The summed E-state index contributed by atoms with van der Waals surface area (Å²) in [6.07, 6.45) is 3.36. The molecule has 166 valence electrons. The molecule has 1 amide bonds. The van der Waals surface area contributed by atoms with Gasteiger partial charge in [0.25, 0.3) is 0 Å². The highest BCUT2D eigenvalue weighted by Crippen LogP contribution is 2.35. The number of esters is 1. The Morgan fingerprint density at radius 3 is 2.61 bits per heavy atom. The van der Waals surface area contributed by atoms with E-state index in [2.05, 4.69) is 29.7 Å². The van der Waals surface area contributed by atoms with E-state index in [-0.39, 0.29) is 5.97 Å². The van der Waals surface area contributed by atoms with Gasteiger partial charge in [-0.05, 0) is 53.8 Å². The number of amides is 1. The lowest BCUT2D eigenvalue weighted by atomic mass is 10.0. The summed E-state index contributed by atoms with van der Waals surface area (Å²) in [4.78, 5) is 30.9. The third-order valence-electron chi connectivity index (χ3n) is 6.33. The zero-order valence-corrected chi connectivity index (χ0v) is 18.7. The summed E-state index contributed by atoms with van der Waals surface area (Å²) < 4.78 is 7.12. The van der Waals surface area contributed by atoms with Gasteiger partial charge in [0.15, 0.2) is 0 Å². The molecule has 0 fully saturated rings. The maximum absolute atomic E-state index is 12.4. The lowest BCUT2D eigenvalue weighted by molar-refractivity contribution is -0.106. The molecule has 0 saturated carbocycles. The van der Waals surface area contributed by atoms with Crippen molar-refractivity contribution in [1.82, 2.24) is 9.55 Å². The molecule has 0 spiro atoms. The number of imidazole rings is 1. The molecular formula is C27H25N3O3. The normalized spacial score (nSPS) is 12.7. The fourth-order valence-corrected chi connectivity index (χ4v) is 4.77. The van der Waals surface area contributed by atoms with Crippen molar-refractivity contribution in [3.8, 4) is 0 Å². The van der Waals surface area contributed by atoms with Crippen LogP contribution in [0.4, 0.5) is 11.4 Å². The summed E-state index contributed by atoms with van der Waals surface area (Å²) in [7, 11) is 1.39. The van der Waals surface area contributed by atoms with Gasteiger partial charge in [-0.15, -0.1) is 0 Å². The molecule has 1 aromatic heterocycles. The third kappa shape index (κ3) is 3.57. The molecular weight excluding hydrogens is 414 g/mol. The maximum atomic E-state index is 12.4. The smallest absolute Gasteiger partial charge is 0.340 e. The van der Waals surface area contributed by atoms with Crippen LogP contribution in [0.15, 0.2) is 60.7 Å². The van der Waals surface area contributed by atoms with E-state index < -0.39 is 0 Å². The monoisotopic (exact) mass is 439 g/mol. The summed E-state index contributed by atoms with van der Waals surface area (Å²) in [6.45, 7) is 2.64. The van der Waals surface area contributed by atoms with Crippen LogP contribution in [0.25, 0.3) is 11.0 Å². The number of aryl methyl sites for hydroxylation is 3. The number of carbonyl (C=O) groups is 2. The van der Waals surface area contributed by atoms with E-state index in [4.69, 9.17) is 9.72 Å². The number of anilines is 2. The lowest BCUT2D eigenvalue weighted by Gasteiger charge is -2.20. The van der Waals surface area contributed by atoms with E-state index in [9.17, 15) is 9.59 Å². The zero-order valence-electron chi connectivity index (χ0n) is 18.7. The van der Waals surface area contributed by atoms with Crippen LogP contribution in [0.1, 0.15) is 39.8 Å². The van der Waals surface area contributed by atoms with E-state index in [0.717, 1.165) is 65.0 Å². The van der Waals surface area contributed by atoms with Crippen LogP contribution in [0.5, 0.6) is 0 Å². The Bertz CT molecular complexity index is 1370. The molecule has 0 radical (unpaired) electrons. The molecule has 2 heterocycles.